The van der Waals surface area contributed by atoms with E-state index >= 15 is 0 Å². The maximum absolute atomic E-state index is 5.70. The predicted octanol–water partition coefficient (Wildman–Crippen LogP) is 3.90. The summed E-state index contributed by atoms with van der Waals surface area (Å²) in [7, 11) is 1.64. The first-order valence-electron chi connectivity index (χ1n) is 8.87. The molecule has 0 amide bonds. The fourth-order valence-corrected chi connectivity index (χ4v) is 2.53. The average Bonchev–Trinajstić information content (AvgIpc) is 2.70. The Labute approximate surface area is 159 Å². The van der Waals surface area contributed by atoms with Crippen LogP contribution in [0.3, 0.4) is 0 Å². The lowest BCUT2D eigenvalue weighted by atomic mass is 10.2. The summed E-state index contributed by atoms with van der Waals surface area (Å²) in [6, 6.07) is 19.7. The van der Waals surface area contributed by atoms with Crippen LogP contribution in [0.5, 0.6) is 11.5 Å². The van der Waals surface area contributed by atoms with E-state index < -0.39 is 0 Å². The number of methoxy groups -OCH3 is 1. The summed E-state index contributed by atoms with van der Waals surface area (Å²) >= 11 is 0. The summed E-state index contributed by atoms with van der Waals surface area (Å²) in [5, 5.41) is 6.54. The Morgan fingerprint density at radius 1 is 0.889 bits per heavy atom. The van der Waals surface area contributed by atoms with E-state index in [1.54, 1.807) is 7.11 Å². The first-order chi connectivity index (χ1) is 13.2. The molecule has 0 aliphatic heterocycles. The summed E-state index contributed by atoms with van der Waals surface area (Å²) in [6.45, 7) is 3.79. The minimum atomic E-state index is 0.510. The molecule has 0 bridgehead atoms. The van der Waals surface area contributed by atoms with Crippen LogP contribution in [0.2, 0.25) is 0 Å². The van der Waals surface area contributed by atoms with Gasteiger partial charge in [-0.25, -0.2) is 4.98 Å². The van der Waals surface area contributed by atoms with Gasteiger partial charge in [-0.1, -0.05) is 30.3 Å². The Morgan fingerprint density at radius 3 is 2.37 bits per heavy atom. The van der Waals surface area contributed by atoms with Gasteiger partial charge in [0.1, 0.15) is 23.9 Å². The third-order valence-electron chi connectivity index (χ3n) is 3.88. The standard InChI is InChI=1S/C21H24N4O2/c1-16-14-20(23-15-17-6-4-3-5-7-17)25-21(24-16)22-12-13-27-19-10-8-18(26-2)9-11-19/h3-11,14H,12-13,15H2,1-2H3,(H2,22,23,24,25). The van der Waals surface area contributed by atoms with E-state index in [9.17, 15) is 0 Å². The highest BCUT2D eigenvalue weighted by atomic mass is 16.5. The molecule has 0 saturated heterocycles. The molecule has 0 atom stereocenters. The second kappa shape index (κ2) is 9.43. The zero-order chi connectivity index (χ0) is 18.9. The van der Waals surface area contributed by atoms with E-state index in [0.29, 0.717) is 19.1 Å². The van der Waals surface area contributed by atoms with E-state index in [-0.39, 0.29) is 0 Å². The van der Waals surface area contributed by atoms with E-state index in [4.69, 9.17) is 9.47 Å². The summed E-state index contributed by atoms with van der Waals surface area (Å²) in [5.41, 5.74) is 2.11. The number of aryl methyl sites for hydroxylation is 1. The molecule has 6 nitrogen and oxygen atoms in total. The molecule has 2 N–H and O–H groups in total. The van der Waals surface area contributed by atoms with Gasteiger partial charge in [-0.05, 0) is 36.8 Å². The zero-order valence-corrected chi connectivity index (χ0v) is 15.6. The van der Waals surface area contributed by atoms with Crippen LogP contribution in [0.25, 0.3) is 0 Å². The van der Waals surface area contributed by atoms with Crippen molar-refractivity contribution in [1.82, 2.24) is 9.97 Å². The second-order valence-electron chi connectivity index (χ2n) is 6.01. The van der Waals surface area contributed by atoms with E-state index in [1.807, 2.05) is 55.5 Å². The monoisotopic (exact) mass is 364 g/mol. The molecule has 0 aliphatic carbocycles. The van der Waals surface area contributed by atoms with E-state index in [1.165, 1.54) is 5.56 Å². The summed E-state index contributed by atoms with van der Waals surface area (Å²) < 4.78 is 10.8. The summed E-state index contributed by atoms with van der Waals surface area (Å²) in [5.74, 6) is 2.99. The van der Waals surface area contributed by atoms with Crippen LogP contribution >= 0.6 is 0 Å². The molecule has 3 aromatic rings. The van der Waals surface area contributed by atoms with Crippen molar-refractivity contribution in [2.75, 3.05) is 30.9 Å². The van der Waals surface area contributed by atoms with Gasteiger partial charge in [-0.15, -0.1) is 0 Å². The van der Waals surface area contributed by atoms with Gasteiger partial charge < -0.3 is 20.1 Å². The van der Waals surface area contributed by atoms with E-state index in [2.05, 4.69) is 32.7 Å². The summed E-state index contributed by atoms with van der Waals surface area (Å²) in [6.07, 6.45) is 0. The van der Waals surface area contributed by atoms with Crippen molar-refractivity contribution in [2.24, 2.45) is 0 Å². The maximum atomic E-state index is 5.70. The van der Waals surface area contributed by atoms with Gasteiger partial charge in [-0.2, -0.15) is 4.98 Å². The van der Waals surface area contributed by atoms with Crippen LogP contribution in [0.4, 0.5) is 11.8 Å². The molecule has 0 aliphatic rings. The topological polar surface area (TPSA) is 68.3 Å². The molecular formula is C21H24N4O2. The third kappa shape index (κ3) is 5.88. The van der Waals surface area contributed by atoms with Gasteiger partial charge in [0.15, 0.2) is 0 Å². The molecule has 2 aromatic carbocycles. The molecular weight excluding hydrogens is 340 g/mol. The van der Waals surface area contributed by atoms with Crippen molar-refractivity contribution in [2.45, 2.75) is 13.5 Å². The smallest absolute Gasteiger partial charge is 0.224 e. The zero-order valence-electron chi connectivity index (χ0n) is 15.6. The van der Waals surface area contributed by atoms with Crippen molar-refractivity contribution < 1.29 is 9.47 Å². The van der Waals surface area contributed by atoms with Crippen molar-refractivity contribution >= 4 is 11.8 Å². The van der Waals surface area contributed by atoms with Crippen molar-refractivity contribution in [3.63, 3.8) is 0 Å². The molecule has 1 heterocycles. The number of hydrogen-bond acceptors (Lipinski definition) is 6. The highest BCUT2D eigenvalue weighted by Crippen LogP contribution is 2.17. The van der Waals surface area contributed by atoms with Crippen LogP contribution in [0.15, 0.2) is 60.7 Å². The van der Waals surface area contributed by atoms with Gasteiger partial charge in [0.05, 0.1) is 13.7 Å². The molecule has 0 spiro atoms. The molecule has 0 fully saturated rings. The first-order valence-corrected chi connectivity index (χ1v) is 8.87. The fraction of sp³-hybridized carbons (Fsp3) is 0.238. The average molecular weight is 364 g/mol. The van der Waals surface area contributed by atoms with Crippen molar-refractivity contribution in [1.29, 1.82) is 0 Å². The Morgan fingerprint density at radius 2 is 1.63 bits per heavy atom. The number of anilines is 2. The quantitative estimate of drug-likeness (QED) is 0.561. The van der Waals surface area contributed by atoms with Crippen LogP contribution in [0.1, 0.15) is 11.3 Å². The first kappa shape index (κ1) is 18.5. The lowest BCUT2D eigenvalue weighted by molar-refractivity contribution is 0.331. The maximum Gasteiger partial charge on any atom is 0.224 e. The molecule has 0 unspecified atom stereocenters. The Kier molecular flexibility index (Phi) is 6.46. The largest absolute Gasteiger partial charge is 0.497 e. The SMILES string of the molecule is COc1ccc(OCCNc2nc(C)cc(NCc3ccccc3)n2)cc1. The molecule has 1 aromatic heterocycles. The number of benzene rings is 2. The molecule has 6 heteroatoms. The van der Waals surface area contributed by atoms with E-state index in [0.717, 1.165) is 29.6 Å². The number of ether oxygens (including phenoxy) is 2. The third-order valence-corrected chi connectivity index (χ3v) is 3.88. The van der Waals surface area contributed by atoms with Crippen LogP contribution in [-0.4, -0.2) is 30.2 Å². The normalized spacial score (nSPS) is 10.3. The number of hydrogen-bond donors (Lipinski definition) is 2. The minimum Gasteiger partial charge on any atom is -0.497 e. The Hall–Kier alpha value is -3.28. The predicted molar refractivity (Wildman–Crippen MR) is 108 cm³/mol. The molecule has 0 saturated carbocycles. The molecule has 27 heavy (non-hydrogen) atoms. The van der Waals surface area contributed by atoms with Gasteiger partial charge >= 0.3 is 0 Å². The second-order valence-corrected chi connectivity index (χ2v) is 6.01. The van der Waals surface area contributed by atoms with Crippen LogP contribution in [-0.2, 0) is 6.54 Å². The Balaban J connectivity index is 1.48. The van der Waals surface area contributed by atoms with Crippen molar-refractivity contribution in [3.05, 3.63) is 71.9 Å². The van der Waals surface area contributed by atoms with Crippen LogP contribution < -0.4 is 20.1 Å². The number of nitrogens with zero attached hydrogens (tertiary/aromatic N) is 2. The van der Waals surface area contributed by atoms with Gasteiger partial charge in [0.25, 0.3) is 0 Å². The van der Waals surface area contributed by atoms with Crippen LogP contribution in [0, 0.1) is 6.92 Å². The van der Waals surface area contributed by atoms with Gasteiger partial charge in [0, 0.05) is 18.3 Å². The Bertz CT molecular complexity index is 839. The molecule has 140 valence electrons. The molecule has 0 radical (unpaired) electrons. The van der Waals surface area contributed by atoms with Gasteiger partial charge in [0.2, 0.25) is 5.95 Å². The lowest BCUT2D eigenvalue weighted by Crippen LogP contribution is -2.14. The lowest BCUT2D eigenvalue weighted by Gasteiger charge is -2.11. The van der Waals surface area contributed by atoms with Gasteiger partial charge in [-0.3, -0.25) is 0 Å². The highest BCUT2D eigenvalue weighted by molar-refractivity contribution is 5.42. The number of aromatic nitrogens is 2. The minimum absolute atomic E-state index is 0.510. The summed E-state index contributed by atoms with van der Waals surface area (Å²) in [4.78, 5) is 8.93. The van der Waals surface area contributed by atoms with Crippen molar-refractivity contribution in [3.8, 4) is 11.5 Å². The number of rotatable bonds is 9. The highest BCUT2D eigenvalue weighted by Gasteiger charge is 2.03. The fourth-order valence-electron chi connectivity index (χ4n) is 2.53. The number of nitrogens with one attached hydrogen (secondary N) is 2. The molecule has 3 rings (SSSR count).